The van der Waals surface area contributed by atoms with Crippen molar-refractivity contribution in [1.82, 2.24) is 0 Å². The van der Waals surface area contributed by atoms with E-state index in [1.165, 1.54) is 11.1 Å². The number of carbonyl (C=O) groups excluding carboxylic acids is 1. The summed E-state index contributed by atoms with van der Waals surface area (Å²) >= 11 is 0. The smallest absolute Gasteiger partial charge is 0.163 e. The fourth-order valence-corrected chi connectivity index (χ4v) is 2.92. The third-order valence-corrected chi connectivity index (χ3v) is 4.08. The molecule has 110 valence electrons. The maximum atomic E-state index is 12.7. The first-order chi connectivity index (χ1) is 10.7. The van der Waals surface area contributed by atoms with Gasteiger partial charge in [-0.05, 0) is 42.0 Å². The Morgan fingerprint density at radius 2 is 1.95 bits per heavy atom. The molecule has 0 heterocycles. The van der Waals surface area contributed by atoms with E-state index in [-0.39, 0.29) is 5.78 Å². The van der Waals surface area contributed by atoms with E-state index in [0.29, 0.717) is 6.42 Å². The van der Waals surface area contributed by atoms with Gasteiger partial charge in [-0.2, -0.15) is 0 Å². The van der Waals surface area contributed by atoms with Gasteiger partial charge in [0.2, 0.25) is 0 Å². The molecular formula is C21H20O. The number of benzene rings is 1. The highest BCUT2D eigenvalue weighted by Gasteiger charge is 2.14. The van der Waals surface area contributed by atoms with Gasteiger partial charge >= 0.3 is 0 Å². The van der Waals surface area contributed by atoms with Crippen LogP contribution in [0, 0.1) is 0 Å². The lowest BCUT2D eigenvalue weighted by molar-refractivity contribution is -0.115. The SMILES string of the molecule is CC1=CC=CCC(C(=O)Cc2cccc3c2C=CC=CC3)=C1. The fraction of sp³-hybridized carbons (Fsp3) is 0.190. The zero-order chi connectivity index (χ0) is 15.4. The average Bonchev–Trinajstić information content (AvgIpc) is 2.87. The summed E-state index contributed by atoms with van der Waals surface area (Å²) in [6, 6.07) is 6.27. The summed E-state index contributed by atoms with van der Waals surface area (Å²) in [7, 11) is 0. The van der Waals surface area contributed by atoms with Crippen molar-refractivity contribution in [3.8, 4) is 0 Å². The average molecular weight is 288 g/mol. The van der Waals surface area contributed by atoms with Crippen LogP contribution in [-0.4, -0.2) is 5.78 Å². The minimum absolute atomic E-state index is 0.221. The van der Waals surface area contributed by atoms with E-state index in [2.05, 4.69) is 48.6 Å². The summed E-state index contributed by atoms with van der Waals surface area (Å²) in [6.45, 7) is 2.03. The van der Waals surface area contributed by atoms with Crippen LogP contribution in [0.15, 0.2) is 71.9 Å². The summed E-state index contributed by atoms with van der Waals surface area (Å²) < 4.78 is 0. The molecular weight excluding hydrogens is 268 g/mol. The Morgan fingerprint density at radius 3 is 2.86 bits per heavy atom. The van der Waals surface area contributed by atoms with Crippen molar-refractivity contribution in [1.29, 1.82) is 0 Å². The van der Waals surface area contributed by atoms with Crippen LogP contribution in [0.2, 0.25) is 0 Å². The molecule has 0 saturated carbocycles. The van der Waals surface area contributed by atoms with Gasteiger partial charge in [-0.3, -0.25) is 4.79 Å². The molecule has 0 radical (unpaired) electrons. The molecule has 0 fully saturated rings. The van der Waals surface area contributed by atoms with Gasteiger partial charge in [-0.15, -0.1) is 0 Å². The third-order valence-electron chi connectivity index (χ3n) is 4.08. The van der Waals surface area contributed by atoms with Crippen LogP contribution in [-0.2, 0) is 17.6 Å². The van der Waals surface area contributed by atoms with Crippen molar-refractivity contribution < 1.29 is 4.79 Å². The maximum Gasteiger partial charge on any atom is 0.163 e. The van der Waals surface area contributed by atoms with Crippen LogP contribution in [0.25, 0.3) is 6.08 Å². The third kappa shape index (κ3) is 3.25. The highest BCUT2D eigenvalue weighted by atomic mass is 16.1. The van der Waals surface area contributed by atoms with Gasteiger partial charge in [0.15, 0.2) is 5.78 Å². The first-order valence-electron chi connectivity index (χ1n) is 7.75. The summed E-state index contributed by atoms with van der Waals surface area (Å²) in [6.07, 6.45) is 18.7. The van der Waals surface area contributed by atoms with Crippen LogP contribution in [0.1, 0.15) is 30.0 Å². The van der Waals surface area contributed by atoms with Gasteiger partial charge < -0.3 is 0 Å². The molecule has 0 aromatic heterocycles. The summed E-state index contributed by atoms with van der Waals surface area (Å²) in [5, 5.41) is 0. The van der Waals surface area contributed by atoms with Gasteiger partial charge in [0.25, 0.3) is 0 Å². The van der Waals surface area contributed by atoms with Crippen LogP contribution < -0.4 is 0 Å². The lowest BCUT2D eigenvalue weighted by Gasteiger charge is -2.11. The number of Topliss-reactive ketones (excluding diaryl/α,β-unsaturated/α-hetero) is 1. The van der Waals surface area contributed by atoms with Crippen LogP contribution in [0.4, 0.5) is 0 Å². The molecule has 0 saturated heterocycles. The largest absolute Gasteiger partial charge is 0.294 e. The predicted molar refractivity (Wildman–Crippen MR) is 92.6 cm³/mol. The molecule has 0 bridgehead atoms. The molecule has 0 atom stereocenters. The summed E-state index contributed by atoms with van der Waals surface area (Å²) in [5.41, 5.74) is 5.65. The first kappa shape index (κ1) is 14.5. The van der Waals surface area contributed by atoms with Crippen molar-refractivity contribution >= 4 is 11.9 Å². The molecule has 1 aromatic carbocycles. The second kappa shape index (κ2) is 6.57. The molecule has 1 heteroatoms. The molecule has 0 spiro atoms. The Hall–Kier alpha value is -2.41. The predicted octanol–water partition coefficient (Wildman–Crippen LogP) is 4.76. The van der Waals surface area contributed by atoms with Gasteiger partial charge in [0, 0.05) is 6.42 Å². The van der Waals surface area contributed by atoms with Crippen molar-refractivity contribution in [2.24, 2.45) is 0 Å². The van der Waals surface area contributed by atoms with Crippen molar-refractivity contribution in [2.45, 2.75) is 26.2 Å². The number of fused-ring (bicyclic) bond motifs is 1. The second-order valence-electron chi connectivity index (χ2n) is 5.79. The van der Waals surface area contributed by atoms with Gasteiger partial charge in [-0.25, -0.2) is 0 Å². The van der Waals surface area contributed by atoms with E-state index >= 15 is 0 Å². The molecule has 0 aliphatic heterocycles. The minimum Gasteiger partial charge on any atom is -0.294 e. The Bertz CT molecular complexity index is 739. The number of hydrogen-bond acceptors (Lipinski definition) is 1. The van der Waals surface area contributed by atoms with E-state index in [0.717, 1.165) is 29.6 Å². The molecule has 0 unspecified atom stereocenters. The number of rotatable bonds is 3. The van der Waals surface area contributed by atoms with Crippen LogP contribution >= 0.6 is 0 Å². The summed E-state index contributed by atoms with van der Waals surface area (Å²) in [4.78, 5) is 12.7. The quantitative estimate of drug-likeness (QED) is 0.784. The van der Waals surface area contributed by atoms with E-state index in [4.69, 9.17) is 0 Å². The maximum absolute atomic E-state index is 12.7. The standard InChI is InChI=1S/C21H20O/c1-16-8-5-6-10-19(14-16)21(22)15-18-12-7-11-17-9-3-2-4-13-20(17)18/h2-8,11-14H,9-10,15H2,1H3. The van der Waals surface area contributed by atoms with E-state index in [1.807, 2.05) is 25.2 Å². The number of allylic oxidation sites excluding steroid dienone is 9. The molecule has 0 amide bonds. The molecule has 1 aromatic rings. The lowest BCUT2D eigenvalue weighted by Crippen LogP contribution is -2.08. The van der Waals surface area contributed by atoms with Crippen LogP contribution in [0.5, 0.6) is 0 Å². The molecule has 2 aliphatic rings. The Balaban J connectivity index is 1.87. The topological polar surface area (TPSA) is 17.1 Å². The zero-order valence-electron chi connectivity index (χ0n) is 12.9. The van der Waals surface area contributed by atoms with E-state index in [1.54, 1.807) is 0 Å². The van der Waals surface area contributed by atoms with Crippen molar-refractivity contribution in [3.63, 3.8) is 0 Å². The molecule has 22 heavy (non-hydrogen) atoms. The first-order valence-corrected chi connectivity index (χ1v) is 7.75. The fourth-order valence-electron chi connectivity index (χ4n) is 2.92. The van der Waals surface area contributed by atoms with Gasteiger partial charge in [-0.1, -0.05) is 72.4 Å². The Labute approximate surface area is 132 Å². The number of ketones is 1. The second-order valence-corrected chi connectivity index (χ2v) is 5.79. The normalized spacial score (nSPS) is 16.4. The van der Waals surface area contributed by atoms with Crippen molar-refractivity contribution in [3.05, 3.63) is 88.6 Å². The monoisotopic (exact) mass is 288 g/mol. The lowest BCUT2D eigenvalue weighted by atomic mass is 9.93. The van der Waals surface area contributed by atoms with Crippen LogP contribution in [0.3, 0.4) is 0 Å². The highest BCUT2D eigenvalue weighted by molar-refractivity contribution is 5.98. The molecule has 1 nitrogen and oxygen atoms in total. The summed E-state index contributed by atoms with van der Waals surface area (Å²) in [5.74, 6) is 0.221. The molecule has 0 N–H and O–H groups in total. The highest BCUT2D eigenvalue weighted by Crippen LogP contribution is 2.23. The number of hydrogen-bond donors (Lipinski definition) is 0. The Kier molecular flexibility index (Phi) is 4.34. The number of carbonyl (C=O) groups is 1. The van der Waals surface area contributed by atoms with E-state index < -0.39 is 0 Å². The molecule has 3 rings (SSSR count). The zero-order valence-corrected chi connectivity index (χ0v) is 12.9. The minimum atomic E-state index is 0.221. The van der Waals surface area contributed by atoms with Gasteiger partial charge in [0.05, 0.1) is 0 Å². The van der Waals surface area contributed by atoms with E-state index in [9.17, 15) is 4.79 Å². The molecule has 2 aliphatic carbocycles. The van der Waals surface area contributed by atoms with Gasteiger partial charge in [0.1, 0.15) is 0 Å². The Morgan fingerprint density at radius 1 is 1.09 bits per heavy atom. The van der Waals surface area contributed by atoms with Crippen molar-refractivity contribution in [2.75, 3.05) is 0 Å².